The molecule has 3 aromatic heterocycles. The summed E-state index contributed by atoms with van der Waals surface area (Å²) < 4.78 is 9.87. The van der Waals surface area contributed by atoms with E-state index >= 15 is 0 Å². The first-order valence-corrected chi connectivity index (χ1v) is 10.5. The van der Waals surface area contributed by atoms with E-state index in [1.54, 1.807) is 12.4 Å². The summed E-state index contributed by atoms with van der Waals surface area (Å²) in [7, 11) is 0. The van der Waals surface area contributed by atoms with Gasteiger partial charge in [-0.1, -0.05) is 0 Å². The first kappa shape index (κ1) is 20.1. The maximum atomic E-state index is 13.1. The van der Waals surface area contributed by atoms with Crippen molar-refractivity contribution in [3.05, 3.63) is 58.9 Å². The first-order chi connectivity index (χ1) is 14.5. The van der Waals surface area contributed by atoms with E-state index in [0.29, 0.717) is 25.3 Å². The van der Waals surface area contributed by atoms with Crippen LogP contribution in [-0.4, -0.2) is 48.0 Å². The minimum Gasteiger partial charge on any atom is -0.488 e. The fourth-order valence-electron chi connectivity index (χ4n) is 4.01. The van der Waals surface area contributed by atoms with Gasteiger partial charge in [0, 0.05) is 55.4 Å². The summed E-state index contributed by atoms with van der Waals surface area (Å²) >= 11 is 0. The van der Waals surface area contributed by atoms with Gasteiger partial charge in [-0.25, -0.2) is 0 Å². The standard InChI is InChI=1S/C22H28N6O2/c1-5-26(14-20-15(3)24-27(6-2)16(20)4)22(29)21-12-17-11-19(13-28(17)25-21)30-18-7-9-23-10-8-18/h7-10,12,19H,5-6,11,13-14H2,1-4H3/t19-/m0/s1. The van der Waals surface area contributed by atoms with Crippen molar-refractivity contribution >= 4 is 5.91 Å². The van der Waals surface area contributed by atoms with Crippen LogP contribution >= 0.6 is 0 Å². The second kappa shape index (κ2) is 8.30. The smallest absolute Gasteiger partial charge is 0.274 e. The highest BCUT2D eigenvalue weighted by Crippen LogP contribution is 2.22. The third-order valence-electron chi connectivity index (χ3n) is 5.70. The normalized spacial score (nSPS) is 15.3. The maximum Gasteiger partial charge on any atom is 0.274 e. The molecule has 1 aliphatic heterocycles. The highest BCUT2D eigenvalue weighted by atomic mass is 16.5. The van der Waals surface area contributed by atoms with Crippen molar-refractivity contribution < 1.29 is 9.53 Å². The first-order valence-electron chi connectivity index (χ1n) is 10.5. The molecule has 0 saturated heterocycles. The second-order valence-corrected chi connectivity index (χ2v) is 7.61. The molecule has 8 heteroatoms. The molecule has 4 heterocycles. The van der Waals surface area contributed by atoms with Crippen LogP contribution in [0.15, 0.2) is 30.6 Å². The van der Waals surface area contributed by atoms with E-state index in [4.69, 9.17) is 4.74 Å². The van der Waals surface area contributed by atoms with E-state index in [9.17, 15) is 4.79 Å². The largest absolute Gasteiger partial charge is 0.488 e. The Kier molecular flexibility index (Phi) is 5.57. The number of nitrogens with zero attached hydrogens (tertiary/aromatic N) is 6. The van der Waals surface area contributed by atoms with Crippen molar-refractivity contribution in [3.63, 3.8) is 0 Å². The van der Waals surface area contributed by atoms with Crippen LogP contribution in [0.4, 0.5) is 0 Å². The number of carbonyl (C=O) groups is 1. The molecular formula is C22H28N6O2. The Morgan fingerprint density at radius 3 is 2.63 bits per heavy atom. The number of rotatable bonds is 7. The average molecular weight is 409 g/mol. The van der Waals surface area contributed by atoms with Crippen molar-refractivity contribution in [2.75, 3.05) is 6.54 Å². The van der Waals surface area contributed by atoms with Gasteiger partial charge in [0.05, 0.1) is 12.2 Å². The molecule has 0 bridgehead atoms. The Hall–Kier alpha value is -3.16. The molecule has 0 fully saturated rings. The molecule has 4 rings (SSSR count). The number of ether oxygens (including phenoxy) is 1. The predicted molar refractivity (Wildman–Crippen MR) is 112 cm³/mol. The third kappa shape index (κ3) is 3.81. The minimum atomic E-state index is -0.0472. The Morgan fingerprint density at radius 2 is 2.00 bits per heavy atom. The lowest BCUT2D eigenvalue weighted by atomic mass is 10.1. The molecule has 0 radical (unpaired) electrons. The van der Waals surface area contributed by atoms with Crippen LogP contribution in [0.2, 0.25) is 0 Å². The Morgan fingerprint density at radius 1 is 1.23 bits per heavy atom. The molecule has 0 saturated carbocycles. The Labute approximate surface area is 176 Å². The minimum absolute atomic E-state index is 0.0199. The molecule has 1 aliphatic rings. The topological polar surface area (TPSA) is 78.1 Å². The quantitative estimate of drug-likeness (QED) is 0.601. The summed E-state index contributed by atoms with van der Waals surface area (Å²) in [5, 5.41) is 9.14. The highest BCUT2D eigenvalue weighted by Gasteiger charge is 2.28. The summed E-state index contributed by atoms with van der Waals surface area (Å²) in [4.78, 5) is 19.0. The van der Waals surface area contributed by atoms with Crippen LogP contribution < -0.4 is 4.74 Å². The molecule has 0 aromatic carbocycles. The van der Waals surface area contributed by atoms with Gasteiger partial charge in [0.1, 0.15) is 11.9 Å². The van der Waals surface area contributed by atoms with Gasteiger partial charge in [0.25, 0.3) is 5.91 Å². The van der Waals surface area contributed by atoms with Crippen molar-refractivity contribution in [1.29, 1.82) is 0 Å². The van der Waals surface area contributed by atoms with Crippen LogP contribution in [0.3, 0.4) is 0 Å². The fourth-order valence-corrected chi connectivity index (χ4v) is 4.01. The van der Waals surface area contributed by atoms with Gasteiger partial charge in [0.15, 0.2) is 5.69 Å². The van der Waals surface area contributed by atoms with E-state index in [1.165, 1.54) is 0 Å². The molecule has 0 N–H and O–H groups in total. The summed E-state index contributed by atoms with van der Waals surface area (Å²) in [5.74, 6) is 0.752. The molecule has 0 spiro atoms. The van der Waals surface area contributed by atoms with Crippen molar-refractivity contribution in [2.24, 2.45) is 0 Å². The second-order valence-electron chi connectivity index (χ2n) is 7.61. The Bertz CT molecular complexity index is 1020. The number of amides is 1. The summed E-state index contributed by atoms with van der Waals surface area (Å²) in [6.45, 7) is 10.8. The van der Waals surface area contributed by atoms with Crippen LogP contribution in [-0.2, 0) is 26.1 Å². The third-order valence-corrected chi connectivity index (χ3v) is 5.70. The molecule has 30 heavy (non-hydrogen) atoms. The van der Waals surface area contributed by atoms with Gasteiger partial charge in [-0.05, 0) is 45.9 Å². The number of aromatic nitrogens is 5. The van der Waals surface area contributed by atoms with Crippen molar-refractivity contribution in [3.8, 4) is 5.75 Å². The average Bonchev–Trinajstić information content (AvgIpc) is 3.38. The lowest BCUT2D eigenvalue weighted by Gasteiger charge is -2.20. The van der Waals surface area contributed by atoms with Gasteiger partial charge >= 0.3 is 0 Å². The van der Waals surface area contributed by atoms with Gasteiger partial charge in [-0.2, -0.15) is 10.2 Å². The number of hydrogen-bond donors (Lipinski definition) is 0. The van der Waals surface area contributed by atoms with Crippen molar-refractivity contribution in [1.82, 2.24) is 29.4 Å². The van der Waals surface area contributed by atoms with Crippen LogP contribution in [0, 0.1) is 13.8 Å². The predicted octanol–water partition coefficient (Wildman–Crippen LogP) is 2.78. The van der Waals surface area contributed by atoms with Gasteiger partial charge in [0.2, 0.25) is 0 Å². The lowest BCUT2D eigenvalue weighted by molar-refractivity contribution is 0.0744. The zero-order valence-corrected chi connectivity index (χ0v) is 18.0. The zero-order chi connectivity index (χ0) is 21.3. The Balaban J connectivity index is 1.45. The maximum absolute atomic E-state index is 13.1. The van der Waals surface area contributed by atoms with Crippen LogP contribution in [0.25, 0.3) is 0 Å². The van der Waals surface area contributed by atoms with Gasteiger partial charge < -0.3 is 9.64 Å². The molecule has 1 amide bonds. The molecule has 0 unspecified atom stereocenters. The van der Waals surface area contributed by atoms with E-state index in [2.05, 4.69) is 29.0 Å². The molecule has 1 atom stereocenters. The highest BCUT2D eigenvalue weighted by molar-refractivity contribution is 5.92. The number of fused-ring (bicyclic) bond motifs is 1. The SMILES string of the molecule is CCN(Cc1c(C)nn(CC)c1C)C(=O)c1cc2n(n1)C[C@@H](Oc1ccncc1)C2. The van der Waals surface area contributed by atoms with Gasteiger partial charge in [-0.15, -0.1) is 0 Å². The molecular weight excluding hydrogens is 380 g/mol. The molecule has 158 valence electrons. The van der Waals surface area contributed by atoms with Crippen LogP contribution in [0.1, 0.15) is 47.0 Å². The number of carbonyl (C=O) groups excluding carboxylic acids is 1. The molecule has 8 nitrogen and oxygen atoms in total. The van der Waals surface area contributed by atoms with E-state index in [1.807, 2.05) is 46.3 Å². The van der Waals surface area contributed by atoms with E-state index in [-0.39, 0.29) is 12.0 Å². The zero-order valence-electron chi connectivity index (χ0n) is 18.0. The summed E-state index contributed by atoms with van der Waals surface area (Å²) in [6, 6.07) is 5.59. The van der Waals surface area contributed by atoms with Gasteiger partial charge in [-0.3, -0.25) is 19.1 Å². The molecule has 3 aromatic rings. The summed E-state index contributed by atoms with van der Waals surface area (Å²) in [6.07, 6.45) is 4.18. The number of hydrogen-bond acceptors (Lipinski definition) is 5. The van der Waals surface area contributed by atoms with E-state index in [0.717, 1.165) is 41.4 Å². The van der Waals surface area contributed by atoms with Crippen LogP contribution in [0.5, 0.6) is 5.75 Å². The number of aryl methyl sites for hydroxylation is 2. The molecule has 0 aliphatic carbocycles. The fraction of sp³-hybridized carbons (Fsp3) is 0.455. The van der Waals surface area contributed by atoms with E-state index < -0.39 is 0 Å². The lowest BCUT2D eigenvalue weighted by Crippen LogP contribution is -2.31. The monoisotopic (exact) mass is 408 g/mol. The van der Waals surface area contributed by atoms with Crippen molar-refractivity contribution in [2.45, 2.75) is 59.9 Å². The number of pyridine rings is 1. The summed E-state index contributed by atoms with van der Waals surface area (Å²) in [5.41, 5.74) is 4.73.